The molecule has 0 aliphatic carbocycles. The summed E-state index contributed by atoms with van der Waals surface area (Å²) in [4.78, 5) is 2.55. The highest BCUT2D eigenvalue weighted by Gasteiger charge is 2.36. The number of rotatable bonds is 8. The summed E-state index contributed by atoms with van der Waals surface area (Å²) in [5.74, 6) is 0. The second-order valence-corrected chi connectivity index (χ2v) is 6.81. The Balaban J connectivity index is 2.63. The summed E-state index contributed by atoms with van der Waals surface area (Å²) in [5, 5.41) is 3.64. The van der Waals surface area contributed by atoms with E-state index in [4.69, 9.17) is 4.74 Å². The SMILES string of the molecule is CCCNCC1(CN(C)C(C)(C)CC)CCOCC1. The molecule has 19 heavy (non-hydrogen) atoms. The maximum Gasteiger partial charge on any atom is 0.0472 e. The fourth-order valence-corrected chi connectivity index (χ4v) is 2.71. The van der Waals surface area contributed by atoms with Crippen LogP contribution in [0, 0.1) is 5.41 Å². The topological polar surface area (TPSA) is 24.5 Å². The Morgan fingerprint density at radius 2 is 1.84 bits per heavy atom. The monoisotopic (exact) mass is 270 g/mol. The molecule has 3 nitrogen and oxygen atoms in total. The van der Waals surface area contributed by atoms with Crippen LogP contribution in [-0.4, -0.2) is 50.3 Å². The average molecular weight is 270 g/mol. The average Bonchev–Trinajstić information content (AvgIpc) is 2.40. The molecule has 1 heterocycles. The van der Waals surface area contributed by atoms with Gasteiger partial charge in [0.05, 0.1) is 0 Å². The zero-order valence-electron chi connectivity index (χ0n) is 13.7. The molecular formula is C16H34N2O. The minimum absolute atomic E-state index is 0.288. The molecule has 1 aliphatic rings. The van der Waals surface area contributed by atoms with Gasteiger partial charge in [0, 0.05) is 31.8 Å². The second kappa shape index (κ2) is 7.61. The molecule has 1 rings (SSSR count). The minimum atomic E-state index is 0.288. The van der Waals surface area contributed by atoms with E-state index in [1.807, 2.05) is 0 Å². The quantitative estimate of drug-likeness (QED) is 0.686. The van der Waals surface area contributed by atoms with Crippen molar-refractivity contribution in [1.82, 2.24) is 10.2 Å². The van der Waals surface area contributed by atoms with Crippen molar-refractivity contribution in [1.29, 1.82) is 0 Å². The number of hydrogen-bond donors (Lipinski definition) is 1. The van der Waals surface area contributed by atoms with Crippen molar-refractivity contribution in [3.05, 3.63) is 0 Å². The van der Waals surface area contributed by atoms with Crippen LogP contribution in [0.2, 0.25) is 0 Å². The van der Waals surface area contributed by atoms with Crippen LogP contribution < -0.4 is 5.32 Å². The van der Waals surface area contributed by atoms with Crippen molar-refractivity contribution in [2.45, 2.75) is 58.9 Å². The van der Waals surface area contributed by atoms with Crippen molar-refractivity contribution in [2.75, 3.05) is 39.9 Å². The number of nitrogens with one attached hydrogen (secondary N) is 1. The van der Waals surface area contributed by atoms with E-state index in [0.717, 1.165) is 26.3 Å². The van der Waals surface area contributed by atoms with Crippen molar-refractivity contribution < 1.29 is 4.74 Å². The first-order valence-corrected chi connectivity index (χ1v) is 7.95. The first kappa shape index (κ1) is 16.9. The Hall–Kier alpha value is -0.120. The predicted molar refractivity (Wildman–Crippen MR) is 82.6 cm³/mol. The van der Waals surface area contributed by atoms with Gasteiger partial charge in [-0.25, -0.2) is 0 Å². The second-order valence-electron chi connectivity index (χ2n) is 6.81. The molecule has 0 aromatic heterocycles. The summed E-state index contributed by atoms with van der Waals surface area (Å²) in [6, 6.07) is 0. The van der Waals surface area contributed by atoms with Gasteiger partial charge in [0.15, 0.2) is 0 Å². The van der Waals surface area contributed by atoms with Crippen LogP contribution in [0.25, 0.3) is 0 Å². The molecule has 1 aliphatic heterocycles. The van der Waals surface area contributed by atoms with E-state index in [1.54, 1.807) is 0 Å². The number of ether oxygens (including phenoxy) is 1. The minimum Gasteiger partial charge on any atom is -0.381 e. The highest BCUT2D eigenvalue weighted by Crippen LogP contribution is 2.33. The number of hydrogen-bond acceptors (Lipinski definition) is 3. The molecule has 0 aromatic rings. The summed E-state index contributed by atoms with van der Waals surface area (Å²) >= 11 is 0. The lowest BCUT2D eigenvalue weighted by atomic mass is 9.78. The fourth-order valence-electron chi connectivity index (χ4n) is 2.71. The van der Waals surface area contributed by atoms with Crippen molar-refractivity contribution >= 4 is 0 Å². The molecule has 0 unspecified atom stereocenters. The Labute approximate surface area is 120 Å². The highest BCUT2D eigenvalue weighted by atomic mass is 16.5. The standard InChI is InChI=1S/C16H34N2O/c1-6-10-17-13-16(8-11-19-12-9-16)14-18(5)15(3,4)7-2/h17H,6-14H2,1-5H3. The van der Waals surface area contributed by atoms with Crippen LogP contribution in [0.4, 0.5) is 0 Å². The Morgan fingerprint density at radius 1 is 1.21 bits per heavy atom. The molecule has 1 saturated heterocycles. The van der Waals surface area contributed by atoms with Crippen LogP contribution >= 0.6 is 0 Å². The third-order valence-electron chi connectivity index (χ3n) is 4.95. The van der Waals surface area contributed by atoms with E-state index in [1.165, 1.54) is 32.2 Å². The van der Waals surface area contributed by atoms with E-state index in [-0.39, 0.29) is 5.54 Å². The summed E-state index contributed by atoms with van der Waals surface area (Å²) in [6.07, 6.45) is 4.78. The third-order valence-corrected chi connectivity index (χ3v) is 4.95. The van der Waals surface area contributed by atoms with Crippen LogP contribution in [-0.2, 0) is 4.74 Å². The summed E-state index contributed by atoms with van der Waals surface area (Å²) in [6.45, 7) is 14.5. The lowest BCUT2D eigenvalue weighted by Crippen LogP contribution is -2.51. The normalized spacial score (nSPS) is 19.9. The van der Waals surface area contributed by atoms with E-state index >= 15 is 0 Å². The van der Waals surface area contributed by atoms with Gasteiger partial charge in [-0.2, -0.15) is 0 Å². The molecule has 0 radical (unpaired) electrons. The van der Waals surface area contributed by atoms with Crippen LogP contribution in [0.1, 0.15) is 53.4 Å². The van der Waals surface area contributed by atoms with Gasteiger partial charge in [-0.15, -0.1) is 0 Å². The van der Waals surface area contributed by atoms with Gasteiger partial charge >= 0.3 is 0 Å². The molecule has 0 spiro atoms. The smallest absolute Gasteiger partial charge is 0.0472 e. The van der Waals surface area contributed by atoms with Gasteiger partial charge in [-0.3, -0.25) is 0 Å². The zero-order chi connectivity index (χ0) is 14.4. The predicted octanol–water partition coefficient (Wildman–Crippen LogP) is 2.90. The first-order valence-electron chi connectivity index (χ1n) is 7.95. The summed E-state index contributed by atoms with van der Waals surface area (Å²) in [7, 11) is 2.28. The van der Waals surface area contributed by atoms with Crippen molar-refractivity contribution in [3.8, 4) is 0 Å². The Kier molecular flexibility index (Phi) is 6.78. The number of nitrogens with zero attached hydrogens (tertiary/aromatic N) is 1. The Bertz CT molecular complexity index is 247. The van der Waals surface area contributed by atoms with E-state index in [2.05, 4.69) is 45.0 Å². The highest BCUT2D eigenvalue weighted by molar-refractivity contribution is 4.90. The molecule has 1 fully saturated rings. The molecule has 0 amide bonds. The van der Waals surface area contributed by atoms with Gasteiger partial charge in [0.2, 0.25) is 0 Å². The summed E-state index contributed by atoms with van der Waals surface area (Å²) < 4.78 is 5.58. The molecule has 0 bridgehead atoms. The van der Waals surface area contributed by atoms with Gasteiger partial charge in [-0.05, 0) is 58.5 Å². The van der Waals surface area contributed by atoms with Gasteiger partial charge in [-0.1, -0.05) is 13.8 Å². The van der Waals surface area contributed by atoms with Crippen LogP contribution in [0.5, 0.6) is 0 Å². The molecule has 0 atom stereocenters. The maximum absolute atomic E-state index is 5.58. The first-order chi connectivity index (χ1) is 8.96. The third kappa shape index (κ3) is 5.05. The van der Waals surface area contributed by atoms with Crippen molar-refractivity contribution in [3.63, 3.8) is 0 Å². The fraction of sp³-hybridized carbons (Fsp3) is 1.00. The maximum atomic E-state index is 5.58. The molecule has 114 valence electrons. The zero-order valence-corrected chi connectivity index (χ0v) is 13.7. The molecule has 0 saturated carbocycles. The van der Waals surface area contributed by atoms with E-state index in [9.17, 15) is 0 Å². The summed E-state index contributed by atoms with van der Waals surface area (Å²) in [5.41, 5.74) is 0.685. The van der Waals surface area contributed by atoms with Gasteiger partial charge < -0.3 is 15.0 Å². The lowest BCUT2D eigenvalue weighted by molar-refractivity contribution is -0.0168. The van der Waals surface area contributed by atoms with Gasteiger partial charge in [0.1, 0.15) is 0 Å². The van der Waals surface area contributed by atoms with E-state index < -0.39 is 0 Å². The lowest BCUT2D eigenvalue weighted by Gasteiger charge is -2.45. The molecular weight excluding hydrogens is 236 g/mol. The van der Waals surface area contributed by atoms with Crippen LogP contribution in [0.15, 0.2) is 0 Å². The largest absolute Gasteiger partial charge is 0.381 e. The molecule has 0 aromatic carbocycles. The van der Waals surface area contributed by atoms with Gasteiger partial charge in [0.25, 0.3) is 0 Å². The van der Waals surface area contributed by atoms with Crippen LogP contribution in [0.3, 0.4) is 0 Å². The molecule has 3 heteroatoms. The molecule has 1 N–H and O–H groups in total. The van der Waals surface area contributed by atoms with Crippen molar-refractivity contribution in [2.24, 2.45) is 5.41 Å². The Morgan fingerprint density at radius 3 is 2.37 bits per heavy atom. The van der Waals surface area contributed by atoms with E-state index in [0.29, 0.717) is 5.41 Å².